The molecule has 0 amide bonds. The van der Waals surface area contributed by atoms with Crippen LogP contribution < -0.4 is 0 Å². The van der Waals surface area contributed by atoms with Crippen molar-refractivity contribution in [1.29, 1.82) is 0 Å². The molecule has 0 aromatic heterocycles. The van der Waals surface area contributed by atoms with Gasteiger partial charge < -0.3 is 9.90 Å². The van der Waals surface area contributed by atoms with E-state index in [1.807, 2.05) is 0 Å². The van der Waals surface area contributed by atoms with Crippen LogP contribution in [0.4, 0.5) is 0 Å². The van der Waals surface area contributed by atoms with Gasteiger partial charge in [0.15, 0.2) is 0 Å². The number of aldehydes is 1. The maximum Gasteiger partial charge on any atom is 0.125 e. The normalized spacial score (nSPS) is 14.3. The molecule has 0 spiro atoms. The van der Waals surface area contributed by atoms with Crippen LogP contribution in [0.2, 0.25) is 0 Å². The van der Waals surface area contributed by atoms with Crippen LogP contribution in [0.15, 0.2) is 0 Å². The molecule has 2 heteroatoms. The van der Waals surface area contributed by atoms with Gasteiger partial charge in [-0.15, -0.1) is 0 Å². The second-order valence-corrected chi connectivity index (χ2v) is 5.86. The highest BCUT2D eigenvalue weighted by atomic mass is 16.3. The van der Waals surface area contributed by atoms with Gasteiger partial charge in [0, 0.05) is 5.92 Å². The predicted molar refractivity (Wildman–Crippen MR) is 82.3 cm³/mol. The highest BCUT2D eigenvalue weighted by Crippen LogP contribution is 2.15. The summed E-state index contributed by atoms with van der Waals surface area (Å²) in [7, 11) is 0. The molecule has 0 aliphatic rings. The summed E-state index contributed by atoms with van der Waals surface area (Å²) < 4.78 is 0. The Morgan fingerprint density at radius 3 is 1.63 bits per heavy atom. The molecule has 114 valence electrons. The number of aliphatic hydroxyl groups excluding tert-OH is 1. The Hall–Kier alpha value is -0.370. The van der Waals surface area contributed by atoms with E-state index in [1.54, 1.807) is 6.92 Å². The molecule has 0 saturated carbocycles. The quantitative estimate of drug-likeness (QED) is 0.361. The van der Waals surface area contributed by atoms with Crippen LogP contribution in [-0.2, 0) is 4.79 Å². The summed E-state index contributed by atoms with van der Waals surface area (Å²) in [6, 6.07) is 0. The van der Waals surface area contributed by atoms with Gasteiger partial charge in [-0.25, -0.2) is 0 Å². The number of rotatable bonds is 14. The van der Waals surface area contributed by atoms with Gasteiger partial charge in [0.25, 0.3) is 0 Å². The zero-order valence-electron chi connectivity index (χ0n) is 13.1. The van der Waals surface area contributed by atoms with Crippen molar-refractivity contribution in [3.05, 3.63) is 0 Å². The lowest BCUT2D eigenvalue weighted by molar-refractivity contribution is -0.114. The molecule has 2 atom stereocenters. The number of hydrogen-bond donors (Lipinski definition) is 1. The van der Waals surface area contributed by atoms with E-state index in [9.17, 15) is 9.90 Å². The molecule has 1 N–H and O–H groups in total. The third-order valence-electron chi connectivity index (χ3n) is 3.94. The molecular weight excluding hydrogens is 236 g/mol. The van der Waals surface area contributed by atoms with Gasteiger partial charge in [-0.2, -0.15) is 0 Å². The van der Waals surface area contributed by atoms with Crippen molar-refractivity contribution in [2.75, 3.05) is 0 Å². The van der Waals surface area contributed by atoms with Crippen molar-refractivity contribution in [1.82, 2.24) is 0 Å². The fraction of sp³-hybridized carbons (Fsp3) is 0.941. The fourth-order valence-electron chi connectivity index (χ4n) is 2.47. The van der Waals surface area contributed by atoms with E-state index in [-0.39, 0.29) is 5.92 Å². The Morgan fingerprint density at radius 2 is 1.26 bits per heavy atom. The van der Waals surface area contributed by atoms with Crippen LogP contribution >= 0.6 is 0 Å². The van der Waals surface area contributed by atoms with Crippen LogP contribution in [0.5, 0.6) is 0 Å². The minimum atomic E-state index is -0.486. The van der Waals surface area contributed by atoms with Crippen molar-refractivity contribution in [2.45, 2.75) is 97.0 Å². The van der Waals surface area contributed by atoms with Crippen LogP contribution in [0.25, 0.3) is 0 Å². The van der Waals surface area contributed by atoms with Gasteiger partial charge >= 0.3 is 0 Å². The minimum absolute atomic E-state index is 0.154. The first-order valence-corrected chi connectivity index (χ1v) is 8.35. The molecule has 0 aliphatic heterocycles. The number of aliphatic hydroxyl groups is 1. The molecule has 0 radical (unpaired) electrons. The zero-order valence-corrected chi connectivity index (χ0v) is 13.1. The fourth-order valence-corrected chi connectivity index (χ4v) is 2.47. The Balaban J connectivity index is 3.16. The SMILES string of the molecule is CCCCCCCCCCCCCC(C=O)C(C)O. The van der Waals surface area contributed by atoms with Gasteiger partial charge in [0.2, 0.25) is 0 Å². The largest absolute Gasteiger partial charge is 0.393 e. The highest BCUT2D eigenvalue weighted by molar-refractivity contribution is 5.54. The first-order valence-electron chi connectivity index (χ1n) is 8.35. The summed E-state index contributed by atoms with van der Waals surface area (Å²) in [5.74, 6) is -0.154. The summed E-state index contributed by atoms with van der Waals surface area (Å²) in [4.78, 5) is 10.7. The molecule has 0 fully saturated rings. The summed E-state index contributed by atoms with van der Waals surface area (Å²) in [6.07, 6.45) is 15.8. The lowest BCUT2D eigenvalue weighted by Crippen LogP contribution is -2.17. The van der Waals surface area contributed by atoms with Gasteiger partial charge in [-0.1, -0.05) is 77.6 Å². The number of hydrogen-bond acceptors (Lipinski definition) is 2. The predicted octanol–water partition coefficient (Wildman–Crippen LogP) is 4.88. The standard InChI is InChI=1S/C17H34O2/c1-3-4-5-6-7-8-9-10-11-12-13-14-17(15-18)16(2)19/h15-17,19H,3-14H2,1-2H3. The van der Waals surface area contributed by atoms with E-state index >= 15 is 0 Å². The second kappa shape index (κ2) is 14.0. The van der Waals surface area contributed by atoms with E-state index in [2.05, 4.69) is 6.92 Å². The van der Waals surface area contributed by atoms with Crippen molar-refractivity contribution >= 4 is 6.29 Å². The van der Waals surface area contributed by atoms with Crippen molar-refractivity contribution in [3.63, 3.8) is 0 Å². The molecule has 2 unspecified atom stereocenters. The first kappa shape index (κ1) is 18.6. The molecule has 0 aliphatic carbocycles. The Labute approximate surface area is 120 Å². The summed E-state index contributed by atoms with van der Waals surface area (Å²) in [5.41, 5.74) is 0. The third kappa shape index (κ3) is 12.4. The summed E-state index contributed by atoms with van der Waals surface area (Å²) in [5, 5.41) is 9.34. The minimum Gasteiger partial charge on any atom is -0.393 e. The Kier molecular flexibility index (Phi) is 13.8. The molecule has 2 nitrogen and oxygen atoms in total. The number of unbranched alkanes of at least 4 members (excludes halogenated alkanes) is 10. The van der Waals surface area contributed by atoms with E-state index in [1.165, 1.54) is 64.2 Å². The van der Waals surface area contributed by atoms with E-state index < -0.39 is 6.10 Å². The Morgan fingerprint density at radius 1 is 0.842 bits per heavy atom. The molecule has 0 saturated heterocycles. The smallest absolute Gasteiger partial charge is 0.125 e. The first-order chi connectivity index (χ1) is 9.22. The number of carbonyl (C=O) groups is 1. The molecule has 0 aromatic carbocycles. The molecule has 0 heterocycles. The van der Waals surface area contributed by atoms with Gasteiger partial charge in [0.05, 0.1) is 6.10 Å². The lowest BCUT2D eigenvalue weighted by atomic mass is 9.97. The molecule has 19 heavy (non-hydrogen) atoms. The van der Waals surface area contributed by atoms with E-state index in [4.69, 9.17) is 0 Å². The van der Waals surface area contributed by atoms with Crippen molar-refractivity contribution < 1.29 is 9.90 Å². The van der Waals surface area contributed by atoms with Crippen LogP contribution in [0.1, 0.15) is 90.9 Å². The topological polar surface area (TPSA) is 37.3 Å². The Bertz CT molecular complexity index is 190. The molecule has 0 bridgehead atoms. The van der Waals surface area contributed by atoms with Crippen LogP contribution in [0.3, 0.4) is 0 Å². The molecule has 0 aromatic rings. The summed E-state index contributed by atoms with van der Waals surface area (Å²) in [6.45, 7) is 3.96. The van der Waals surface area contributed by atoms with Crippen molar-refractivity contribution in [2.24, 2.45) is 5.92 Å². The van der Waals surface area contributed by atoms with Crippen molar-refractivity contribution in [3.8, 4) is 0 Å². The highest BCUT2D eigenvalue weighted by Gasteiger charge is 2.12. The van der Waals surface area contributed by atoms with E-state index in [0.717, 1.165) is 19.1 Å². The van der Waals surface area contributed by atoms with Crippen LogP contribution in [0, 0.1) is 5.92 Å². The third-order valence-corrected chi connectivity index (χ3v) is 3.94. The monoisotopic (exact) mass is 270 g/mol. The van der Waals surface area contributed by atoms with Crippen LogP contribution in [-0.4, -0.2) is 17.5 Å². The molecular formula is C17H34O2. The number of carbonyl (C=O) groups excluding carboxylic acids is 1. The second-order valence-electron chi connectivity index (χ2n) is 5.86. The zero-order chi connectivity index (χ0) is 14.3. The maximum atomic E-state index is 10.7. The average molecular weight is 270 g/mol. The van der Waals surface area contributed by atoms with Gasteiger partial charge in [-0.05, 0) is 13.3 Å². The average Bonchev–Trinajstić information content (AvgIpc) is 2.40. The summed E-state index contributed by atoms with van der Waals surface area (Å²) >= 11 is 0. The molecule has 0 rings (SSSR count). The van der Waals surface area contributed by atoms with Gasteiger partial charge in [0.1, 0.15) is 6.29 Å². The maximum absolute atomic E-state index is 10.7. The van der Waals surface area contributed by atoms with Gasteiger partial charge in [-0.3, -0.25) is 0 Å². The lowest BCUT2D eigenvalue weighted by Gasteiger charge is -2.12. The van der Waals surface area contributed by atoms with E-state index in [0.29, 0.717) is 0 Å².